The summed E-state index contributed by atoms with van der Waals surface area (Å²) in [7, 11) is 4.09. The summed E-state index contributed by atoms with van der Waals surface area (Å²) >= 11 is 5.21. The zero-order valence-corrected chi connectivity index (χ0v) is 9.87. The molecule has 1 nitrogen and oxygen atoms in total. The Labute approximate surface area is 86.4 Å². The fourth-order valence-corrected chi connectivity index (χ4v) is 1.91. The van der Waals surface area contributed by atoms with E-state index in [1.165, 1.54) is 14.9 Å². The number of aryl methyl sites for hydroxylation is 1. The molecular weight excluding hydrogens is 234 g/mol. The van der Waals surface area contributed by atoms with E-state index in [0.29, 0.717) is 0 Å². The molecular formula is C9H12BrNS. The van der Waals surface area contributed by atoms with Crippen molar-refractivity contribution >= 4 is 27.9 Å². The molecule has 0 aliphatic carbocycles. The molecule has 1 aromatic rings. The molecule has 0 bridgehead atoms. The van der Waals surface area contributed by atoms with E-state index < -0.39 is 0 Å². The number of nitrogens with zero attached hydrogens (tertiary/aromatic N) is 1. The molecule has 0 amide bonds. The molecule has 0 saturated carbocycles. The second-order valence-corrected chi connectivity index (χ2v) is 5.05. The fourth-order valence-electron chi connectivity index (χ4n) is 0.885. The monoisotopic (exact) mass is 245 g/mol. The number of rotatable bonds is 2. The molecule has 0 N–H and O–H groups in total. The van der Waals surface area contributed by atoms with Gasteiger partial charge in [0.1, 0.15) is 0 Å². The molecule has 0 aliphatic rings. The Hall–Kier alpha value is 0.01000. The highest BCUT2D eigenvalue weighted by Crippen LogP contribution is 2.24. The summed E-state index contributed by atoms with van der Waals surface area (Å²) in [4.78, 5) is 1.28. The second-order valence-electron chi connectivity index (χ2n) is 2.81. The van der Waals surface area contributed by atoms with Crippen molar-refractivity contribution < 1.29 is 0 Å². The third kappa shape index (κ3) is 2.81. The Morgan fingerprint density at radius 2 is 2.00 bits per heavy atom. The van der Waals surface area contributed by atoms with Gasteiger partial charge in [0, 0.05) is 9.37 Å². The SMILES string of the molecule is Cc1cc(SN(C)C)ccc1Br. The van der Waals surface area contributed by atoms with Crippen molar-refractivity contribution in [2.75, 3.05) is 14.1 Å². The zero-order valence-electron chi connectivity index (χ0n) is 7.47. The van der Waals surface area contributed by atoms with Gasteiger partial charge in [-0.25, -0.2) is 0 Å². The van der Waals surface area contributed by atoms with Gasteiger partial charge in [-0.05, 0) is 56.7 Å². The molecule has 3 heteroatoms. The lowest BCUT2D eigenvalue weighted by molar-refractivity contribution is 0.702. The molecule has 0 aliphatic heterocycles. The van der Waals surface area contributed by atoms with Gasteiger partial charge in [-0.3, -0.25) is 4.31 Å². The first-order valence-corrected chi connectivity index (χ1v) is 5.27. The van der Waals surface area contributed by atoms with Gasteiger partial charge in [0.05, 0.1) is 0 Å². The van der Waals surface area contributed by atoms with E-state index in [1.807, 2.05) is 14.1 Å². The van der Waals surface area contributed by atoms with E-state index in [2.05, 4.69) is 45.4 Å². The summed E-state index contributed by atoms with van der Waals surface area (Å²) < 4.78 is 3.26. The van der Waals surface area contributed by atoms with Gasteiger partial charge in [-0.15, -0.1) is 0 Å². The first-order valence-electron chi connectivity index (χ1n) is 3.71. The summed E-state index contributed by atoms with van der Waals surface area (Å²) in [5.41, 5.74) is 1.28. The first kappa shape index (κ1) is 10.1. The van der Waals surface area contributed by atoms with Crippen LogP contribution >= 0.6 is 27.9 Å². The normalized spacial score (nSPS) is 10.8. The molecule has 0 saturated heterocycles. The average molecular weight is 246 g/mol. The lowest BCUT2D eigenvalue weighted by Gasteiger charge is -2.09. The van der Waals surface area contributed by atoms with Crippen LogP contribution < -0.4 is 0 Å². The van der Waals surface area contributed by atoms with E-state index in [-0.39, 0.29) is 0 Å². The maximum atomic E-state index is 3.47. The largest absolute Gasteiger partial charge is 0.253 e. The van der Waals surface area contributed by atoms with Crippen LogP contribution in [0.5, 0.6) is 0 Å². The molecule has 12 heavy (non-hydrogen) atoms. The summed E-state index contributed by atoms with van der Waals surface area (Å²) in [6.45, 7) is 2.10. The third-order valence-corrected chi connectivity index (χ3v) is 3.14. The Morgan fingerprint density at radius 1 is 1.33 bits per heavy atom. The highest BCUT2D eigenvalue weighted by atomic mass is 79.9. The molecule has 66 valence electrons. The van der Waals surface area contributed by atoms with Crippen LogP contribution in [0.1, 0.15) is 5.56 Å². The van der Waals surface area contributed by atoms with Gasteiger partial charge >= 0.3 is 0 Å². The van der Waals surface area contributed by atoms with Crippen molar-refractivity contribution in [3.05, 3.63) is 28.2 Å². The van der Waals surface area contributed by atoms with Gasteiger partial charge in [-0.1, -0.05) is 15.9 Å². The summed E-state index contributed by atoms with van der Waals surface area (Å²) in [6, 6.07) is 6.37. The smallest absolute Gasteiger partial charge is 0.0233 e. The lowest BCUT2D eigenvalue weighted by atomic mass is 10.2. The Kier molecular flexibility index (Phi) is 3.62. The van der Waals surface area contributed by atoms with Crippen LogP contribution in [0, 0.1) is 6.92 Å². The zero-order chi connectivity index (χ0) is 9.14. The minimum absolute atomic E-state index is 1.17. The average Bonchev–Trinajstić information content (AvgIpc) is 1.96. The molecule has 0 spiro atoms. The molecule has 1 aromatic carbocycles. The van der Waals surface area contributed by atoms with Gasteiger partial charge in [-0.2, -0.15) is 0 Å². The van der Waals surface area contributed by atoms with E-state index in [1.54, 1.807) is 11.9 Å². The molecule has 0 aromatic heterocycles. The minimum atomic E-state index is 1.17. The van der Waals surface area contributed by atoms with E-state index in [4.69, 9.17) is 0 Å². The predicted molar refractivity (Wildman–Crippen MR) is 58.4 cm³/mol. The van der Waals surface area contributed by atoms with Gasteiger partial charge in [0.15, 0.2) is 0 Å². The predicted octanol–water partition coefficient (Wildman–Crippen LogP) is 3.33. The van der Waals surface area contributed by atoms with Crippen molar-refractivity contribution in [3.63, 3.8) is 0 Å². The van der Waals surface area contributed by atoms with Crippen LogP contribution in [0.4, 0.5) is 0 Å². The highest BCUT2D eigenvalue weighted by Gasteiger charge is 1.98. The summed E-state index contributed by atoms with van der Waals surface area (Å²) in [6.07, 6.45) is 0. The Morgan fingerprint density at radius 3 is 2.50 bits per heavy atom. The quantitative estimate of drug-likeness (QED) is 0.736. The standard InChI is InChI=1S/C9H12BrNS/c1-7-6-8(12-11(2)3)4-5-9(7)10/h4-6H,1-3H3. The van der Waals surface area contributed by atoms with Crippen LogP contribution in [0.15, 0.2) is 27.6 Å². The first-order chi connectivity index (χ1) is 5.59. The van der Waals surface area contributed by atoms with Gasteiger partial charge in [0.2, 0.25) is 0 Å². The molecule has 0 atom stereocenters. The van der Waals surface area contributed by atoms with E-state index in [9.17, 15) is 0 Å². The van der Waals surface area contributed by atoms with Crippen molar-refractivity contribution in [3.8, 4) is 0 Å². The van der Waals surface area contributed by atoms with Crippen molar-refractivity contribution in [1.82, 2.24) is 4.31 Å². The molecule has 1 rings (SSSR count). The van der Waals surface area contributed by atoms with E-state index in [0.717, 1.165) is 0 Å². The van der Waals surface area contributed by atoms with Crippen molar-refractivity contribution in [2.45, 2.75) is 11.8 Å². The van der Waals surface area contributed by atoms with E-state index >= 15 is 0 Å². The number of hydrogen-bond acceptors (Lipinski definition) is 2. The van der Waals surface area contributed by atoms with Crippen LogP contribution in [-0.4, -0.2) is 18.4 Å². The summed E-state index contributed by atoms with van der Waals surface area (Å²) in [5.74, 6) is 0. The lowest BCUT2D eigenvalue weighted by Crippen LogP contribution is -1.98. The number of halogens is 1. The Bertz CT molecular complexity index is 273. The Balaban J connectivity index is 2.82. The fraction of sp³-hybridized carbons (Fsp3) is 0.333. The van der Waals surface area contributed by atoms with Crippen molar-refractivity contribution in [1.29, 1.82) is 0 Å². The van der Waals surface area contributed by atoms with Crippen LogP contribution in [-0.2, 0) is 0 Å². The molecule has 0 heterocycles. The summed E-state index contributed by atoms with van der Waals surface area (Å²) in [5, 5.41) is 0. The molecule has 0 unspecified atom stereocenters. The van der Waals surface area contributed by atoms with Crippen LogP contribution in [0.25, 0.3) is 0 Å². The second kappa shape index (κ2) is 4.30. The van der Waals surface area contributed by atoms with Crippen LogP contribution in [0.2, 0.25) is 0 Å². The minimum Gasteiger partial charge on any atom is -0.253 e. The topological polar surface area (TPSA) is 3.24 Å². The van der Waals surface area contributed by atoms with Crippen LogP contribution in [0.3, 0.4) is 0 Å². The molecule has 0 fully saturated rings. The van der Waals surface area contributed by atoms with Crippen molar-refractivity contribution in [2.24, 2.45) is 0 Å². The van der Waals surface area contributed by atoms with Gasteiger partial charge < -0.3 is 0 Å². The maximum absolute atomic E-state index is 3.47. The number of hydrogen-bond donors (Lipinski definition) is 0. The maximum Gasteiger partial charge on any atom is 0.0233 e. The van der Waals surface area contributed by atoms with Gasteiger partial charge in [0.25, 0.3) is 0 Å². The number of benzene rings is 1. The highest BCUT2D eigenvalue weighted by molar-refractivity contribution is 9.10. The third-order valence-electron chi connectivity index (χ3n) is 1.42. The molecule has 0 radical (unpaired) electrons.